The number of hydrogen-bond donors (Lipinski definition) is 2. The predicted molar refractivity (Wildman–Crippen MR) is 99.9 cm³/mol. The molecule has 0 spiro atoms. The number of rotatable bonds is 6. The molecule has 24 heavy (non-hydrogen) atoms. The molecule has 0 saturated carbocycles. The minimum absolute atomic E-state index is 0.320. The highest BCUT2D eigenvalue weighted by Crippen LogP contribution is 2.27. The largest absolute Gasteiger partial charge is 0.323 e. The first kappa shape index (κ1) is 19.4. The van der Waals surface area contributed by atoms with Crippen LogP contribution >= 0.6 is 46.4 Å². The molecule has 0 fully saturated rings. The zero-order valence-corrected chi connectivity index (χ0v) is 15.7. The zero-order chi connectivity index (χ0) is 17.6. The summed E-state index contributed by atoms with van der Waals surface area (Å²) < 4.78 is -1.63. The van der Waals surface area contributed by atoms with E-state index < -0.39 is 9.96 Å². The first-order valence-corrected chi connectivity index (χ1v) is 8.88. The number of amides is 1. The van der Waals surface area contributed by atoms with Crippen molar-refractivity contribution in [3.63, 3.8) is 0 Å². The molecule has 2 aromatic rings. The summed E-state index contributed by atoms with van der Waals surface area (Å²) in [5.74, 6) is -0.320. The van der Waals surface area contributed by atoms with Gasteiger partial charge in [-0.05, 0) is 29.8 Å². The fourth-order valence-corrected chi connectivity index (χ4v) is 2.72. The molecule has 2 rings (SSSR count). The van der Waals surface area contributed by atoms with E-state index in [0.29, 0.717) is 17.1 Å². The number of carbonyl (C=O) groups is 1. The van der Waals surface area contributed by atoms with Crippen LogP contribution in [-0.2, 0) is 6.42 Å². The fraction of sp³-hybridized carbons (Fsp3) is 0.235. The van der Waals surface area contributed by atoms with Crippen molar-refractivity contribution in [2.45, 2.75) is 16.4 Å². The van der Waals surface area contributed by atoms with Gasteiger partial charge in [-0.25, -0.2) is 0 Å². The lowest BCUT2D eigenvalue weighted by Crippen LogP contribution is -2.96. The Kier molecular flexibility index (Phi) is 7.20. The van der Waals surface area contributed by atoms with E-state index in [1.807, 2.05) is 35.6 Å². The van der Waals surface area contributed by atoms with Crippen molar-refractivity contribution in [1.29, 1.82) is 0 Å². The monoisotopic (exact) mass is 405 g/mol. The first-order chi connectivity index (χ1) is 11.4. The molecule has 0 saturated heterocycles. The minimum atomic E-state index is -1.63. The van der Waals surface area contributed by atoms with Crippen LogP contribution in [0.25, 0.3) is 0 Å². The van der Waals surface area contributed by atoms with Gasteiger partial charge in [0.05, 0.1) is 6.54 Å². The van der Waals surface area contributed by atoms with Crippen LogP contribution in [0.2, 0.25) is 5.02 Å². The lowest BCUT2D eigenvalue weighted by Gasteiger charge is -2.23. The van der Waals surface area contributed by atoms with Gasteiger partial charge in [0.15, 0.2) is 0 Å². The van der Waals surface area contributed by atoms with Crippen molar-refractivity contribution < 1.29 is 10.1 Å². The van der Waals surface area contributed by atoms with Crippen molar-refractivity contribution in [2.24, 2.45) is 0 Å². The quantitative estimate of drug-likeness (QED) is 0.559. The summed E-state index contributed by atoms with van der Waals surface area (Å²) in [4.78, 5) is 12.3. The van der Waals surface area contributed by atoms with E-state index in [9.17, 15) is 4.79 Å². The third-order valence-corrected chi connectivity index (χ3v) is 4.38. The zero-order valence-electron chi connectivity index (χ0n) is 12.7. The second-order valence-electron chi connectivity index (χ2n) is 5.26. The van der Waals surface area contributed by atoms with Crippen LogP contribution in [0, 0.1) is 0 Å². The summed E-state index contributed by atoms with van der Waals surface area (Å²) in [5.41, 5.74) is 1.64. The topological polar surface area (TPSA) is 45.7 Å². The lowest BCUT2D eigenvalue weighted by molar-refractivity contribution is -0.691. The van der Waals surface area contributed by atoms with E-state index >= 15 is 0 Å². The Morgan fingerprint density at radius 3 is 2.25 bits per heavy atom. The average molecular weight is 407 g/mol. The summed E-state index contributed by atoms with van der Waals surface area (Å²) in [6.07, 6.45) is 0.101. The average Bonchev–Trinajstić information content (AvgIpc) is 2.54. The van der Waals surface area contributed by atoms with Gasteiger partial charge in [0.2, 0.25) is 6.17 Å². The first-order valence-electron chi connectivity index (χ1n) is 7.36. The Labute approximate surface area is 161 Å². The Bertz CT molecular complexity index is 657. The summed E-state index contributed by atoms with van der Waals surface area (Å²) in [5, 5.41) is 5.11. The molecule has 7 heteroatoms. The van der Waals surface area contributed by atoms with E-state index in [0.717, 1.165) is 6.42 Å². The molecule has 0 aliphatic carbocycles. The SMILES string of the molecule is O=C(N[C@H]([NH2+]CCc1ccccc1)C(Cl)(Cl)Cl)c1ccc(Cl)cc1. The smallest absolute Gasteiger partial charge is 0.262 e. The minimum Gasteiger partial charge on any atom is -0.323 e. The Hall–Kier alpha value is -0.970. The van der Waals surface area contributed by atoms with Gasteiger partial charge >= 0.3 is 0 Å². The standard InChI is InChI=1S/C17H16Cl4N2O/c18-14-8-6-13(7-9-14)15(24)23-16(17(19,20)21)22-11-10-12-4-2-1-3-5-12/h1-9,16,22H,10-11H2,(H,23,24)/p+1/t16-/m0/s1. The molecule has 0 heterocycles. The van der Waals surface area contributed by atoms with Gasteiger partial charge in [0.1, 0.15) is 0 Å². The van der Waals surface area contributed by atoms with Gasteiger partial charge in [-0.1, -0.05) is 76.7 Å². The molecule has 1 atom stereocenters. The highest BCUT2D eigenvalue weighted by molar-refractivity contribution is 6.68. The van der Waals surface area contributed by atoms with Crippen LogP contribution in [0.15, 0.2) is 54.6 Å². The molecule has 0 unspecified atom stereocenters. The van der Waals surface area contributed by atoms with E-state index in [-0.39, 0.29) is 5.91 Å². The number of benzene rings is 2. The number of quaternary nitrogens is 1. The Morgan fingerprint density at radius 2 is 1.67 bits per heavy atom. The molecule has 128 valence electrons. The number of nitrogens with one attached hydrogen (secondary N) is 1. The molecule has 2 aromatic carbocycles. The Morgan fingerprint density at radius 1 is 1.04 bits per heavy atom. The van der Waals surface area contributed by atoms with E-state index in [4.69, 9.17) is 46.4 Å². The predicted octanol–water partition coefficient (Wildman–Crippen LogP) is 3.57. The normalized spacial score (nSPS) is 12.7. The molecule has 0 radical (unpaired) electrons. The van der Waals surface area contributed by atoms with Gasteiger partial charge in [-0.3, -0.25) is 10.1 Å². The van der Waals surface area contributed by atoms with E-state index in [1.165, 1.54) is 5.56 Å². The molecule has 0 aromatic heterocycles. The number of halogens is 4. The van der Waals surface area contributed by atoms with E-state index in [2.05, 4.69) is 5.32 Å². The van der Waals surface area contributed by atoms with Crippen molar-refractivity contribution in [3.8, 4) is 0 Å². The van der Waals surface area contributed by atoms with Crippen molar-refractivity contribution in [1.82, 2.24) is 5.32 Å². The maximum Gasteiger partial charge on any atom is 0.262 e. The molecule has 0 aliphatic rings. The summed E-state index contributed by atoms with van der Waals surface area (Å²) >= 11 is 23.8. The van der Waals surface area contributed by atoms with Crippen molar-refractivity contribution in [3.05, 3.63) is 70.7 Å². The van der Waals surface area contributed by atoms with Crippen LogP contribution in [-0.4, -0.2) is 22.4 Å². The number of hydrogen-bond acceptors (Lipinski definition) is 1. The van der Waals surface area contributed by atoms with Gasteiger partial charge in [0.25, 0.3) is 9.70 Å². The maximum atomic E-state index is 12.3. The molecule has 3 nitrogen and oxygen atoms in total. The van der Waals surface area contributed by atoms with Gasteiger partial charge in [-0.2, -0.15) is 0 Å². The van der Waals surface area contributed by atoms with Crippen LogP contribution in [0.4, 0.5) is 0 Å². The lowest BCUT2D eigenvalue weighted by atomic mass is 10.1. The molecule has 0 bridgehead atoms. The number of nitrogens with two attached hydrogens (primary N) is 1. The molecule has 3 N–H and O–H groups in total. The fourth-order valence-electron chi connectivity index (χ4n) is 2.16. The molecular weight excluding hydrogens is 390 g/mol. The number of carbonyl (C=O) groups excluding carboxylic acids is 1. The third kappa shape index (κ3) is 6.15. The van der Waals surface area contributed by atoms with E-state index in [1.54, 1.807) is 24.3 Å². The molecular formula is C17H17Cl4N2O+. The second-order valence-corrected chi connectivity index (χ2v) is 8.06. The highest BCUT2D eigenvalue weighted by Gasteiger charge is 2.37. The second kappa shape index (κ2) is 8.93. The van der Waals surface area contributed by atoms with Crippen molar-refractivity contribution in [2.75, 3.05) is 6.54 Å². The summed E-state index contributed by atoms with van der Waals surface area (Å²) in [7, 11) is 0. The Balaban J connectivity index is 1.95. The van der Waals surface area contributed by atoms with Crippen LogP contribution in [0.5, 0.6) is 0 Å². The maximum absolute atomic E-state index is 12.3. The van der Waals surface area contributed by atoms with Crippen molar-refractivity contribution >= 4 is 52.3 Å². The third-order valence-electron chi connectivity index (χ3n) is 3.42. The van der Waals surface area contributed by atoms with Crippen LogP contribution < -0.4 is 10.6 Å². The highest BCUT2D eigenvalue weighted by atomic mass is 35.6. The summed E-state index contributed by atoms with van der Waals surface area (Å²) in [6, 6.07) is 16.5. The summed E-state index contributed by atoms with van der Waals surface area (Å²) in [6.45, 7) is 0.670. The molecule has 0 aliphatic heterocycles. The van der Waals surface area contributed by atoms with Gasteiger partial charge in [-0.15, -0.1) is 0 Å². The number of alkyl halides is 3. The van der Waals surface area contributed by atoms with Crippen LogP contribution in [0.1, 0.15) is 15.9 Å². The van der Waals surface area contributed by atoms with Gasteiger partial charge in [0, 0.05) is 17.0 Å². The van der Waals surface area contributed by atoms with Gasteiger partial charge < -0.3 is 5.32 Å². The van der Waals surface area contributed by atoms with Crippen LogP contribution in [0.3, 0.4) is 0 Å². The molecule has 1 amide bonds.